The van der Waals surface area contributed by atoms with Crippen LogP contribution >= 0.6 is 39.1 Å². The maximum Gasteiger partial charge on any atom is 0.472 e. The van der Waals surface area contributed by atoms with Crippen molar-refractivity contribution in [2.24, 2.45) is 0 Å². The lowest BCUT2D eigenvalue weighted by Crippen LogP contribution is -2.33. The van der Waals surface area contributed by atoms with E-state index in [1.807, 2.05) is 54.6 Å². The van der Waals surface area contributed by atoms with Gasteiger partial charge in [0.1, 0.15) is 116 Å². The second-order valence-electron chi connectivity index (χ2n) is 34.1. The number of ether oxygens (including phenoxy) is 7. The van der Waals surface area contributed by atoms with E-state index < -0.39 is 247 Å². The second-order valence-corrected chi connectivity index (χ2v) is 41.1. The molecule has 6 saturated heterocycles. The molecule has 17 heterocycles. The fourth-order valence-electron chi connectivity index (χ4n) is 18.2. The van der Waals surface area contributed by atoms with Crippen LogP contribution in [-0.2, 0) is 108 Å². The molecule has 6 aliphatic heterocycles. The second kappa shape index (κ2) is 37.7. The molecule has 21 rings (SSSR count). The summed E-state index contributed by atoms with van der Waals surface area (Å²) in [5.74, 6) is -1.46. The highest BCUT2D eigenvalue weighted by atomic mass is 31.2. The minimum absolute atomic E-state index is 0.00242. The Labute approximate surface area is 794 Å². The molecule has 6 unspecified atom stereocenters. The normalized spacial score (nSPS) is 27.0. The molecule has 0 aliphatic carbocycles. The predicted molar refractivity (Wildman–Crippen MR) is 486 cm³/mol. The van der Waals surface area contributed by atoms with Gasteiger partial charge in [0.25, 0.3) is 27.8 Å². The van der Waals surface area contributed by atoms with E-state index in [0.717, 1.165) is 72.3 Å². The number of imidazole rings is 5. The fraction of sp³-hybridized carbons (Fsp3) is 0.416. The number of phosphoric ester groups is 5. The Morgan fingerprint density at radius 2 is 0.692 bits per heavy atom. The molecule has 0 spiro atoms. The number of benzene rings is 4. The van der Waals surface area contributed by atoms with Crippen molar-refractivity contribution in [3.05, 3.63) is 172 Å². The van der Waals surface area contributed by atoms with Crippen LogP contribution in [0.15, 0.2) is 128 Å². The zero-order valence-electron chi connectivity index (χ0n) is 73.7. The number of aromatic amines is 5. The standard InChI is InChI=1S/C77H84N27O34P5/c1-31-17-99(77(111)98-68(31)106)50-12-38(44(129-50)19-122-18-35-8-7-34-6-5-32-3-2-4-33-9-10-36(35)56(34)55(32)33)134-140(114,115)124-22-46-40(14-52(131-46)102-28-87-59-65(102)91-74(80)95-70(59)108)137-142(118,119)126-24-48-42(16-54(133-48)104-30-89-61-67(104)93-76(82)97-72(61)110)138-143(120,121)127-23-47-41(15-53(132-47)103-29-88-60-66(103)92-75(81)96-71(60)109)136-141(116,117)125-21-45-39(13-51(130-45)100-26-85-57-62(78)83-25-84-63(57)100)135-139(112,113)123-20-43-37(105)11-49(128-43)101-27-86-58-64(101)90-73(79)94-69(58)107/h2-10,17,25-30,37-54,105H,11-16,18-24H2,1H3,(H,112,113)(H,114,115)(H,116,117)(H,118,119)(H,120,121)(H2,78,83,84)(H,98,106,111)(H3,79,90,94,107)(H3,80,91,95,108)(H3,81,92,96,109)(H3,82,93,97,110)/t37-,38-,39-,40-,41-,42-,43+,44+,45+,46+,47+,48+,49+,50+,51?,52+,53+,54+/m0/s1. The molecule has 0 radical (unpaired) electrons. The molecule has 6 aliphatic rings. The summed E-state index contributed by atoms with van der Waals surface area (Å²) in [6.07, 6.45) is -21.3. The first-order chi connectivity index (χ1) is 68.2. The zero-order valence-corrected chi connectivity index (χ0v) is 78.1. The number of aromatic nitrogens is 22. The number of H-pyrrole nitrogens is 5. The van der Waals surface area contributed by atoms with Gasteiger partial charge in [0.2, 0.25) is 23.8 Å². The first-order valence-corrected chi connectivity index (χ1v) is 51.0. The third-order valence-electron chi connectivity index (χ3n) is 24.8. The molecule has 23 atom stereocenters. The number of hydrogen-bond acceptors (Lipinski definition) is 45. The lowest BCUT2D eigenvalue weighted by atomic mass is 9.92. The monoisotopic (exact) mass is 2090 g/mol. The summed E-state index contributed by atoms with van der Waals surface area (Å²) < 4.78 is 181. The van der Waals surface area contributed by atoms with Crippen LogP contribution in [0.1, 0.15) is 87.0 Å². The van der Waals surface area contributed by atoms with Crippen molar-refractivity contribution >= 4 is 157 Å². The zero-order chi connectivity index (χ0) is 99.9. The average molecular weight is 2090 g/mol. The Bertz CT molecular complexity index is 8140. The van der Waals surface area contributed by atoms with E-state index >= 15 is 0 Å². The van der Waals surface area contributed by atoms with Gasteiger partial charge in [-0.25, -0.2) is 62.5 Å². The first-order valence-electron chi connectivity index (χ1n) is 43.5. The Hall–Kier alpha value is -12.2. The highest BCUT2D eigenvalue weighted by molar-refractivity contribution is 7.48. The summed E-state index contributed by atoms with van der Waals surface area (Å²) in [5, 5.41) is 17.1. The van der Waals surface area contributed by atoms with E-state index in [1.165, 1.54) is 44.0 Å². The molecule has 4 aromatic carbocycles. The first kappa shape index (κ1) is 96.9. The molecule has 143 heavy (non-hydrogen) atoms. The van der Waals surface area contributed by atoms with E-state index in [9.17, 15) is 81.2 Å². The van der Waals surface area contributed by atoms with Crippen molar-refractivity contribution in [2.75, 3.05) is 68.3 Å². The lowest BCUT2D eigenvalue weighted by molar-refractivity contribution is -0.0710. The third kappa shape index (κ3) is 19.6. The van der Waals surface area contributed by atoms with Crippen molar-refractivity contribution in [3.63, 3.8) is 0 Å². The Morgan fingerprint density at radius 1 is 0.371 bits per heavy atom. The van der Waals surface area contributed by atoms with Crippen molar-refractivity contribution in [1.82, 2.24) is 107 Å². The molecular formula is C77H84N27O34P5. The molecule has 6 fully saturated rings. The number of rotatable bonds is 35. The van der Waals surface area contributed by atoms with Crippen molar-refractivity contribution < 1.29 is 131 Å². The molecule has 0 bridgehead atoms. The van der Waals surface area contributed by atoms with Crippen LogP contribution in [-0.4, -0.2) is 250 Å². The number of aliphatic hydroxyl groups is 1. The number of aliphatic hydroxyl groups excluding tert-OH is 1. The Balaban J connectivity index is 0.514. The summed E-state index contributed by atoms with van der Waals surface area (Å²) in [6, 6.07) is 17.9. The van der Waals surface area contributed by atoms with E-state index in [0.29, 0.717) is 0 Å². The van der Waals surface area contributed by atoms with Gasteiger partial charge in [0.05, 0.1) is 84.0 Å². The number of nitrogens with one attached hydrogen (secondary N) is 5. The number of hydrogen-bond donors (Lipinski definition) is 16. The summed E-state index contributed by atoms with van der Waals surface area (Å²) in [7, 11) is -27.7. The van der Waals surface area contributed by atoms with Crippen LogP contribution in [0.2, 0.25) is 0 Å². The third-order valence-corrected chi connectivity index (χ3v) is 29.9. The number of nitrogens with two attached hydrogens (primary N) is 5. The van der Waals surface area contributed by atoms with Gasteiger partial charge in [-0.3, -0.25) is 122 Å². The van der Waals surface area contributed by atoms with Crippen LogP contribution < -0.4 is 62.2 Å². The van der Waals surface area contributed by atoms with Crippen molar-refractivity contribution in [3.8, 4) is 0 Å². The lowest BCUT2D eigenvalue weighted by Gasteiger charge is -2.26. The summed E-state index contributed by atoms with van der Waals surface area (Å²) in [6.45, 7) is -3.98. The van der Waals surface area contributed by atoms with Gasteiger partial charge in [-0.15, -0.1) is 0 Å². The van der Waals surface area contributed by atoms with Gasteiger partial charge in [-0.05, 0) is 44.8 Å². The fourth-order valence-corrected chi connectivity index (χ4v) is 23.0. The Kier molecular flexibility index (Phi) is 25.6. The minimum atomic E-state index is -5.70. The number of anilines is 5. The maximum atomic E-state index is 14.8. The van der Waals surface area contributed by atoms with E-state index in [4.69, 9.17) is 107 Å². The smallest absolute Gasteiger partial charge is 0.390 e. The highest BCUT2D eigenvalue weighted by Gasteiger charge is 2.52. The number of nitrogens with zero attached hydrogens (tertiary/aromatic N) is 17. The molecular weight excluding hydrogens is 2000 g/mol. The molecule has 0 saturated carbocycles. The van der Waals surface area contributed by atoms with Gasteiger partial charge in [-0.2, -0.15) is 19.9 Å². The average Bonchev–Trinajstić information content (AvgIpc) is 1.70. The largest absolute Gasteiger partial charge is 0.472 e. The molecule has 66 heteroatoms. The van der Waals surface area contributed by atoms with Crippen LogP contribution in [0, 0.1) is 6.92 Å². The van der Waals surface area contributed by atoms with E-state index in [1.54, 1.807) is 0 Å². The topological polar surface area (TPSA) is 846 Å². The summed E-state index contributed by atoms with van der Waals surface area (Å²) in [4.78, 5) is 194. The van der Waals surface area contributed by atoms with Gasteiger partial charge in [0.15, 0.2) is 56.1 Å². The molecule has 21 N–H and O–H groups in total. The highest BCUT2D eigenvalue weighted by Crippen LogP contribution is 2.57. The molecule has 0 amide bonds. The van der Waals surface area contributed by atoms with Gasteiger partial charge in [-0.1, -0.05) is 54.6 Å². The number of nitrogen functional groups attached to an aromatic ring is 5. The van der Waals surface area contributed by atoms with Crippen LogP contribution in [0.25, 0.3) is 88.1 Å². The molecule has 11 aromatic heterocycles. The van der Waals surface area contributed by atoms with Crippen LogP contribution in [0.5, 0.6) is 0 Å². The summed E-state index contributed by atoms with van der Waals surface area (Å²) >= 11 is 0. The van der Waals surface area contributed by atoms with Crippen LogP contribution in [0.4, 0.5) is 29.6 Å². The Morgan fingerprint density at radius 3 is 1.08 bits per heavy atom. The summed E-state index contributed by atoms with van der Waals surface area (Å²) in [5.41, 5.74) is 24.7. The van der Waals surface area contributed by atoms with Crippen molar-refractivity contribution in [1.29, 1.82) is 0 Å². The molecule has 15 aromatic rings. The van der Waals surface area contributed by atoms with E-state index in [-0.39, 0.29) is 112 Å². The van der Waals surface area contributed by atoms with Gasteiger partial charge in [0, 0.05) is 50.3 Å². The number of phosphoric acid groups is 5. The number of fused-ring (bicyclic) bond motifs is 5. The van der Waals surface area contributed by atoms with E-state index in [2.05, 4.69) is 79.7 Å². The van der Waals surface area contributed by atoms with Gasteiger partial charge >= 0.3 is 44.8 Å². The number of aryl methyl sites for hydroxylation is 1. The minimum Gasteiger partial charge on any atom is -0.390 e. The van der Waals surface area contributed by atoms with Crippen LogP contribution in [0.3, 0.4) is 0 Å². The van der Waals surface area contributed by atoms with Gasteiger partial charge < -0.3 is 91.4 Å². The predicted octanol–water partition coefficient (Wildman–Crippen LogP) is 1.84. The maximum absolute atomic E-state index is 14.8. The molecule has 61 nitrogen and oxygen atoms in total. The quantitative estimate of drug-likeness (QED) is 0.0199. The van der Waals surface area contributed by atoms with Crippen molar-refractivity contribution in [2.45, 2.75) is 163 Å². The molecule has 756 valence electrons. The SMILES string of the molecule is Cc1cn([C@H]2C[C@H](OP(=O)(O)OC[C@H]3O[C@@H](n4cnc5c(=O)[nH]c(N)nc54)C[C@@H]3OP(=O)(O)OC[C@H]3O[C@@H](n4cnc5c(=O)[nH]c(N)nc54)C[C@@H]3OP(=O)(O)OC[C@H]3O[C@@H](n4cnc5c(=O)[nH]c(N)nc54)C[C@@H]3OP(=O)(O)OC[C@H]3OC(n4cnc5c(N)ncnc54)C[C@@H]3OP(=O)(O)OC[C@H]3O[C@@H](n4cnc5c(=O)[nH]c(N)nc54)C[C@@H]3O)[C@@H](COCc3ccc4ccc5cccc6ccc3c4c56)O2)c(=O)[nH]c1=O.